The summed E-state index contributed by atoms with van der Waals surface area (Å²) in [5, 5.41) is 8.85. The molecule has 6 heteroatoms. The second kappa shape index (κ2) is 5.14. The molecule has 2 aromatic rings. The number of nitrogen functional groups attached to an aromatic ring is 1. The highest BCUT2D eigenvalue weighted by Gasteiger charge is 2.14. The maximum atomic E-state index is 13.5. The summed E-state index contributed by atoms with van der Waals surface area (Å²) in [5.41, 5.74) is 6.31. The highest BCUT2D eigenvalue weighted by atomic mass is 32.2. The van der Waals surface area contributed by atoms with Crippen molar-refractivity contribution in [2.45, 2.75) is 10.6 Å². The summed E-state index contributed by atoms with van der Waals surface area (Å²) in [7, 11) is 0. The van der Waals surface area contributed by atoms with Crippen LogP contribution in [0.15, 0.2) is 39.8 Å². The molecule has 1 heterocycles. The second-order valence-corrected chi connectivity index (χ2v) is 4.58. The molecule has 94 valence electrons. The summed E-state index contributed by atoms with van der Waals surface area (Å²) in [4.78, 5) is 11.2. The molecule has 0 bridgehead atoms. The van der Waals surface area contributed by atoms with Crippen LogP contribution in [0.25, 0.3) is 0 Å². The molecule has 0 aliphatic rings. The average Bonchev–Trinajstić information content (AvgIpc) is 2.76. The number of halogens is 1. The van der Waals surface area contributed by atoms with Gasteiger partial charge in [0.25, 0.3) is 0 Å². The molecule has 1 aromatic carbocycles. The van der Waals surface area contributed by atoms with Crippen LogP contribution in [0.2, 0.25) is 0 Å². The van der Waals surface area contributed by atoms with E-state index in [1.54, 1.807) is 18.2 Å². The van der Waals surface area contributed by atoms with Crippen LogP contribution in [0.3, 0.4) is 0 Å². The van der Waals surface area contributed by atoms with Crippen molar-refractivity contribution in [2.75, 3.05) is 5.73 Å². The van der Waals surface area contributed by atoms with Crippen LogP contribution in [-0.4, -0.2) is 11.1 Å². The molecular formula is C12H10FNO3S. The van der Waals surface area contributed by atoms with Gasteiger partial charge in [-0.05, 0) is 24.3 Å². The van der Waals surface area contributed by atoms with Crippen molar-refractivity contribution in [2.24, 2.45) is 0 Å². The van der Waals surface area contributed by atoms with Crippen molar-refractivity contribution in [3.8, 4) is 0 Å². The Morgan fingerprint density at radius 3 is 2.89 bits per heavy atom. The molecule has 1 aromatic heterocycles. The molecule has 18 heavy (non-hydrogen) atoms. The summed E-state index contributed by atoms with van der Waals surface area (Å²) >= 11 is 1.19. The molecule has 0 aliphatic carbocycles. The lowest BCUT2D eigenvalue weighted by Crippen LogP contribution is -1.97. The van der Waals surface area contributed by atoms with Gasteiger partial charge in [0.1, 0.15) is 5.82 Å². The normalized spacial score (nSPS) is 10.5. The van der Waals surface area contributed by atoms with Crippen LogP contribution in [0.1, 0.15) is 16.1 Å². The van der Waals surface area contributed by atoms with E-state index in [9.17, 15) is 9.18 Å². The van der Waals surface area contributed by atoms with Gasteiger partial charge in [0.05, 0.1) is 6.26 Å². The third kappa shape index (κ3) is 2.65. The molecule has 0 amide bonds. The molecule has 2 rings (SSSR count). The van der Waals surface area contributed by atoms with Crippen LogP contribution in [0.4, 0.5) is 10.1 Å². The van der Waals surface area contributed by atoms with Crippen LogP contribution in [0.5, 0.6) is 0 Å². The Labute approximate surface area is 107 Å². The van der Waals surface area contributed by atoms with Gasteiger partial charge in [0, 0.05) is 21.9 Å². The van der Waals surface area contributed by atoms with E-state index in [1.807, 2.05) is 0 Å². The SMILES string of the molecule is Nc1ccc(SCc2ccoc2C(=O)O)c(F)c1. The fourth-order valence-electron chi connectivity index (χ4n) is 1.43. The van der Waals surface area contributed by atoms with E-state index in [0.29, 0.717) is 21.9 Å². The Bertz CT molecular complexity index is 582. The Balaban J connectivity index is 2.11. The Morgan fingerprint density at radius 1 is 1.44 bits per heavy atom. The summed E-state index contributed by atoms with van der Waals surface area (Å²) in [6.07, 6.45) is 1.30. The minimum Gasteiger partial charge on any atom is -0.475 e. The molecule has 0 aliphatic heterocycles. The maximum Gasteiger partial charge on any atom is 0.372 e. The zero-order chi connectivity index (χ0) is 13.1. The van der Waals surface area contributed by atoms with Gasteiger partial charge in [-0.3, -0.25) is 0 Å². The van der Waals surface area contributed by atoms with Gasteiger partial charge in [-0.1, -0.05) is 0 Å². The van der Waals surface area contributed by atoms with Crippen molar-refractivity contribution in [1.29, 1.82) is 0 Å². The van der Waals surface area contributed by atoms with Gasteiger partial charge in [-0.15, -0.1) is 11.8 Å². The zero-order valence-electron chi connectivity index (χ0n) is 9.22. The Hall–Kier alpha value is -1.95. The van der Waals surface area contributed by atoms with Crippen LogP contribution in [-0.2, 0) is 5.75 Å². The number of furan rings is 1. The minimum atomic E-state index is -1.13. The molecule has 4 nitrogen and oxygen atoms in total. The monoisotopic (exact) mass is 267 g/mol. The Morgan fingerprint density at radius 2 is 2.22 bits per heavy atom. The number of hydrogen-bond acceptors (Lipinski definition) is 4. The largest absolute Gasteiger partial charge is 0.475 e. The summed E-state index contributed by atoms with van der Waals surface area (Å²) in [6, 6.07) is 5.95. The number of hydrogen-bond donors (Lipinski definition) is 2. The highest BCUT2D eigenvalue weighted by molar-refractivity contribution is 7.98. The first-order valence-electron chi connectivity index (χ1n) is 5.05. The number of thioether (sulfide) groups is 1. The molecule has 0 saturated heterocycles. The third-order valence-electron chi connectivity index (χ3n) is 2.28. The highest BCUT2D eigenvalue weighted by Crippen LogP contribution is 2.28. The number of rotatable bonds is 4. The zero-order valence-corrected chi connectivity index (χ0v) is 10.0. The summed E-state index contributed by atoms with van der Waals surface area (Å²) in [5.74, 6) is -1.34. The van der Waals surface area contributed by atoms with Crippen molar-refractivity contribution in [3.05, 3.63) is 47.7 Å². The standard InChI is InChI=1S/C12H10FNO3S/c13-9-5-8(14)1-2-10(9)18-6-7-3-4-17-11(7)12(15)16/h1-5H,6,14H2,(H,15,16). The first-order valence-corrected chi connectivity index (χ1v) is 6.04. The number of anilines is 1. The second-order valence-electron chi connectivity index (χ2n) is 3.56. The molecule has 0 radical (unpaired) electrons. The number of aromatic carboxylic acids is 1. The summed E-state index contributed by atoms with van der Waals surface area (Å²) < 4.78 is 18.3. The van der Waals surface area contributed by atoms with E-state index >= 15 is 0 Å². The lowest BCUT2D eigenvalue weighted by Gasteiger charge is -2.03. The van der Waals surface area contributed by atoms with E-state index in [0.717, 1.165) is 0 Å². The third-order valence-corrected chi connectivity index (χ3v) is 3.38. The van der Waals surface area contributed by atoms with Crippen molar-refractivity contribution < 1.29 is 18.7 Å². The molecule has 3 N–H and O–H groups in total. The first kappa shape index (κ1) is 12.5. The maximum absolute atomic E-state index is 13.5. The van der Waals surface area contributed by atoms with Crippen molar-refractivity contribution >= 4 is 23.4 Å². The van der Waals surface area contributed by atoms with Crippen LogP contribution in [0, 0.1) is 5.82 Å². The predicted molar refractivity (Wildman–Crippen MR) is 66.0 cm³/mol. The molecular weight excluding hydrogens is 257 g/mol. The number of carboxylic acids is 1. The molecule has 0 fully saturated rings. The molecule has 0 atom stereocenters. The predicted octanol–water partition coefficient (Wildman–Crippen LogP) is 2.99. The van der Waals surface area contributed by atoms with Gasteiger partial charge in [-0.2, -0.15) is 0 Å². The van der Waals surface area contributed by atoms with Crippen molar-refractivity contribution in [3.63, 3.8) is 0 Å². The number of nitrogens with two attached hydrogens (primary N) is 1. The lowest BCUT2D eigenvalue weighted by atomic mass is 10.3. The average molecular weight is 267 g/mol. The molecule has 0 spiro atoms. The fraction of sp³-hybridized carbons (Fsp3) is 0.0833. The number of carboxylic acid groups (broad SMARTS) is 1. The van der Waals surface area contributed by atoms with Crippen LogP contribution < -0.4 is 5.73 Å². The van der Waals surface area contributed by atoms with Gasteiger partial charge in [0.15, 0.2) is 0 Å². The first-order chi connectivity index (χ1) is 8.58. The van der Waals surface area contributed by atoms with Crippen LogP contribution >= 0.6 is 11.8 Å². The van der Waals surface area contributed by atoms with E-state index in [-0.39, 0.29) is 5.76 Å². The van der Waals surface area contributed by atoms with Gasteiger partial charge in [0.2, 0.25) is 5.76 Å². The van der Waals surface area contributed by atoms with E-state index in [1.165, 1.54) is 24.1 Å². The van der Waals surface area contributed by atoms with E-state index < -0.39 is 11.8 Å². The quantitative estimate of drug-likeness (QED) is 0.657. The fourth-order valence-corrected chi connectivity index (χ4v) is 2.33. The Kier molecular flexibility index (Phi) is 3.57. The van der Waals surface area contributed by atoms with Crippen molar-refractivity contribution in [1.82, 2.24) is 0 Å². The van der Waals surface area contributed by atoms with Gasteiger partial charge in [-0.25, -0.2) is 9.18 Å². The lowest BCUT2D eigenvalue weighted by molar-refractivity contribution is 0.0661. The molecule has 0 unspecified atom stereocenters. The van der Waals surface area contributed by atoms with E-state index in [2.05, 4.69) is 0 Å². The van der Waals surface area contributed by atoms with Gasteiger partial charge >= 0.3 is 5.97 Å². The van der Waals surface area contributed by atoms with Gasteiger partial charge < -0.3 is 15.3 Å². The number of benzene rings is 1. The smallest absolute Gasteiger partial charge is 0.372 e. The molecule has 0 saturated carbocycles. The minimum absolute atomic E-state index is 0.113. The topological polar surface area (TPSA) is 76.5 Å². The number of carbonyl (C=O) groups is 1. The van der Waals surface area contributed by atoms with E-state index in [4.69, 9.17) is 15.3 Å². The summed E-state index contributed by atoms with van der Waals surface area (Å²) in [6.45, 7) is 0.